The number of carbonyl (C=O) groups excluding carboxylic acids is 1. The highest BCUT2D eigenvalue weighted by molar-refractivity contribution is 5.85. The normalized spacial score (nSPS) is 24.6. The van der Waals surface area contributed by atoms with E-state index < -0.39 is 0 Å². The number of rotatable bonds is 5. The molecule has 0 aromatic carbocycles. The Labute approximate surface area is 85.0 Å². The molecule has 2 atom stereocenters. The minimum Gasteiger partial charge on any atom is -0.385 e. The smallest absolute Gasteiger partial charge is 0.165 e. The lowest BCUT2D eigenvalue weighted by Crippen LogP contribution is -2.45. The lowest BCUT2D eigenvalue weighted by Gasteiger charge is -2.24. The largest absolute Gasteiger partial charge is 0.385 e. The number of hydrogen-bond acceptors (Lipinski definition) is 4. The highest BCUT2D eigenvalue weighted by Crippen LogP contribution is 2.10. The van der Waals surface area contributed by atoms with Gasteiger partial charge < -0.3 is 14.8 Å². The van der Waals surface area contributed by atoms with Crippen LogP contribution in [0.3, 0.4) is 0 Å². The van der Waals surface area contributed by atoms with Gasteiger partial charge >= 0.3 is 0 Å². The van der Waals surface area contributed by atoms with Crippen LogP contribution >= 0.6 is 0 Å². The van der Waals surface area contributed by atoms with Gasteiger partial charge in [0.2, 0.25) is 0 Å². The van der Waals surface area contributed by atoms with E-state index in [1.165, 1.54) is 0 Å². The van der Waals surface area contributed by atoms with Gasteiger partial charge in [0, 0.05) is 32.7 Å². The summed E-state index contributed by atoms with van der Waals surface area (Å²) in [6, 6.07) is 0. The molecule has 0 radical (unpaired) electrons. The van der Waals surface area contributed by atoms with Crippen molar-refractivity contribution in [2.75, 3.05) is 33.4 Å². The second-order valence-electron chi connectivity index (χ2n) is 3.65. The van der Waals surface area contributed by atoms with E-state index in [1.54, 1.807) is 7.11 Å². The third kappa shape index (κ3) is 3.36. The van der Waals surface area contributed by atoms with Crippen LogP contribution in [0.4, 0.5) is 0 Å². The average Bonchev–Trinajstić information content (AvgIpc) is 2.26. The van der Waals surface area contributed by atoms with Crippen LogP contribution in [-0.4, -0.2) is 45.3 Å². The molecule has 1 saturated heterocycles. The summed E-state index contributed by atoms with van der Waals surface area (Å²) in [6.07, 6.45) is 0.519. The number of hydrogen-bond donors (Lipinski definition) is 1. The molecular weight excluding hydrogens is 182 g/mol. The van der Waals surface area contributed by atoms with Crippen LogP contribution < -0.4 is 5.32 Å². The van der Waals surface area contributed by atoms with Crippen molar-refractivity contribution in [3.63, 3.8) is 0 Å². The Morgan fingerprint density at radius 2 is 2.50 bits per heavy atom. The van der Waals surface area contributed by atoms with E-state index >= 15 is 0 Å². The maximum atomic E-state index is 11.8. The minimum absolute atomic E-state index is 0.0276. The van der Waals surface area contributed by atoms with Crippen LogP contribution in [0.2, 0.25) is 0 Å². The summed E-state index contributed by atoms with van der Waals surface area (Å²) in [4.78, 5) is 11.8. The maximum Gasteiger partial charge on any atom is 0.165 e. The van der Waals surface area contributed by atoms with E-state index in [1.807, 2.05) is 6.92 Å². The van der Waals surface area contributed by atoms with Crippen LogP contribution in [0, 0.1) is 5.92 Å². The standard InChI is InChI=1S/C10H19NO3/c1-8(3-5-13-2)10(12)9-7-11-4-6-14-9/h8-9,11H,3-7H2,1-2H3. The SMILES string of the molecule is COCCC(C)C(=O)C1CNCCO1. The fraction of sp³-hybridized carbons (Fsp3) is 0.900. The first-order valence-corrected chi connectivity index (χ1v) is 5.10. The summed E-state index contributed by atoms with van der Waals surface area (Å²) in [5, 5.41) is 3.15. The molecule has 0 saturated carbocycles. The highest BCUT2D eigenvalue weighted by Gasteiger charge is 2.25. The molecule has 82 valence electrons. The molecular formula is C10H19NO3. The highest BCUT2D eigenvalue weighted by atomic mass is 16.5. The Morgan fingerprint density at radius 1 is 1.71 bits per heavy atom. The monoisotopic (exact) mass is 201 g/mol. The molecule has 0 aromatic heterocycles. The number of ketones is 1. The molecule has 0 spiro atoms. The van der Waals surface area contributed by atoms with Gasteiger partial charge in [-0.3, -0.25) is 4.79 Å². The zero-order valence-electron chi connectivity index (χ0n) is 8.91. The summed E-state index contributed by atoms with van der Waals surface area (Å²) >= 11 is 0. The second-order valence-corrected chi connectivity index (χ2v) is 3.65. The Bertz CT molecular complexity index is 178. The summed E-state index contributed by atoms with van der Waals surface area (Å²) < 4.78 is 10.3. The zero-order valence-corrected chi connectivity index (χ0v) is 8.91. The first-order chi connectivity index (χ1) is 6.75. The second kappa shape index (κ2) is 6.11. The van der Waals surface area contributed by atoms with Gasteiger partial charge in [-0.2, -0.15) is 0 Å². The molecule has 0 bridgehead atoms. The molecule has 14 heavy (non-hydrogen) atoms. The summed E-state index contributed by atoms with van der Waals surface area (Å²) in [7, 11) is 1.65. The molecule has 1 N–H and O–H groups in total. The van der Waals surface area contributed by atoms with Gasteiger partial charge in [-0.05, 0) is 6.42 Å². The minimum atomic E-state index is -0.254. The van der Waals surface area contributed by atoms with Gasteiger partial charge in [0.1, 0.15) is 6.10 Å². The van der Waals surface area contributed by atoms with E-state index in [0.717, 1.165) is 13.0 Å². The van der Waals surface area contributed by atoms with Gasteiger partial charge in [-0.25, -0.2) is 0 Å². The lowest BCUT2D eigenvalue weighted by molar-refractivity contribution is -0.136. The van der Waals surface area contributed by atoms with Crippen molar-refractivity contribution in [3.8, 4) is 0 Å². The van der Waals surface area contributed by atoms with E-state index in [2.05, 4.69) is 5.32 Å². The number of Topliss-reactive ketones (excluding diaryl/α,β-unsaturated/α-hetero) is 1. The van der Waals surface area contributed by atoms with Crippen LogP contribution in [-0.2, 0) is 14.3 Å². The molecule has 1 fully saturated rings. The molecule has 1 heterocycles. The van der Waals surface area contributed by atoms with Crippen molar-refractivity contribution in [3.05, 3.63) is 0 Å². The third-order valence-electron chi connectivity index (χ3n) is 2.49. The molecule has 1 aliphatic rings. The van der Waals surface area contributed by atoms with Crippen molar-refractivity contribution in [2.45, 2.75) is 19.4 Å². The quantitative estimate of drug-likeness (QED) is 0.691. The number of carbonyl (C=O) groups is 1. The van der Waals surface area contributed by atoms with Crippen molar-refractivity contribution in [2.24, 2.45) is 5.92 Å². The van der Waals surface area contributed by atoms with Gasteiger partial charge in [-0.1, -0.05) is 6.92 Å². The zero-order chi connectivity index (χ0) is 10.4. The fourth-order valence-electron chi connectivity index (χ4n) is 1.50. The van der Waals surface area contributed by atoms with E-state index in [9.17, 15) is 4.79 Å². The molecule has 0 aromatic rings. The average molecular weight is 201 g/mol. The Balaban J connectivity index is 2.30. The van der Waals surface area contributed by atoms with E-state index in [-0.39, 0.29) is 17.8 Å². The number of morpholine rings is 1. The predicted octanol–water partition coefficient (Wildman–Crippen LogP) is 0.216. The topological polar surface area (TPSA) is 47.6 Å². The molecule has 2 unspecified atom stereocenters. The van der Waals surface area contributed by atoms with Crippen LogP contribution in [0.5, 0.6) is 0 Å². The van der Waals surface area contributed by atoms with E-state index in [4.69, 9.17) is 9.47 Å². The van der Waals surface area contributed by atoms with Crippen molar-refractivity contribution >= 4 is 5.78 Å². The Morgan fingerprint density at radius 3 is 3.07 bits per heavy atom. The van der Waals surface area contributed by atoms with Gasteiger partial charge in [0.15, 0.2) is 5.78 Å². The molecule has 4 nitrogen and oxygen atoms in total. The Hall–Kier alpha value is -0.450. The van der Waals surface area contributed by atoms with Gasteiger partial charge in [0.25, 0.3) is 0 Å². The molecule has 0 aliphatic carbocycles. The molecule has 0 amide bonds. The maximum absolute atomic E-state index is 11.8. The van der Waals surface area contributed by atoms with Gasteiger partial charge in [0.05, 0.1) is 6.61 Å². The molecule has 1 rings (SSSR count). The third-order valence-corrected chi connectivity index (χ3v) is 2.49. The van der Waals surface area contributed by atoms with E-state index in [0.29, 0.717) is 19.8 Å². The van der Waals surface area contributed by atoms with Crippen molar-refractivity contribution < 1.29 is 14.3 Å². The number of methoxy groups -OCH3 is 1. The van der Waals surface area contributed by atoms with Gasteiger partial charge in [-0.15, -0.1) is 0 Å². The molecule has 1 aliphatic heterocycles. The summed E-state index contributed by atoms with van der Waals surface area (Å²) in [6.45, 7) is 4.69. The van der Waals surface area contributed by atoms with Crippen LogP contribution in [0.15, 0.2) is 0 Å². The van der Waals surface area contributed by atoms with Crippen LogP contribution in [0.1, 0.15) is 13.3 Å². The summed E-state index contributed by atoms with van der Waals surface area (Å²) in [5.41, 5.74) is 0. The molecule has 4 heteroatoms. The summed E-state index contributed by atoms with van der Waals surface area (Å²) in [5.74, 6) is 0.217. The Kier molecular flexibility index (Phi) is 5.07. The lowest BCUT2D eigenvalue weighted by atomic mass is 9.98. The number of ether oxygens (including phenoxy) is 2. The first-order valence-electron chi connectivity index (χ1n) is 5.10. The predicted molar refractivity (Wildman–Crippen MR) is 53.3 cm³/mol. The number of nitrogens with one attached hydrogen (secondary N) is 1. The van der Waals surface area contributed by atoms with Crippen LogP contribution in [0.25, 0.3) is 0 Å². The fourth-order valence-corrected chi connectivity index (χ4v) is 1.50. The van der Waals surface area contributed by atoms with Crippen molar-refractivity contribution in [1.29, 1.82) is 0 Å². The van der Waals surface area contributed by atoms with Crippen molar-refractivity contribution in [1.82, 2.24) is 5.32 Å². The first kappa shape index (κ1) is 11.6.